The Morgan fingerprint density at radius 3 is 2.51 bits per heavy atom. The van der Waals surface area contributed by atoms with Crippen LogP contribution in [0, 0.1) is 6.92 Å². The number of anilines is 1. The Morgan fingerprint density at radius 2 is 1.76 bits per heavy atom. The summed E-state index contributed by atoms with van der Waals surface area (Å²) in [4.78, 5) is 31.5. The molecule has 2 fully saturated rings. The highest BCUT2D eigenvalue weighted by Crippen LogP contribution is 2.39. The average molecular weight is 608 g/mol. The van der Waals surface area contributed by atoms with E-state index in [1.807, 2.05) is 55.7 Å². The molecular formula is C35H41N7O3. The average Bonchev–Trinajstić information content (AvgIpc) is 3.69. The maximum atomic E-state index is 13.3. The second-order valence-electron chi connectivity index (χ2n) is 12.4. The molecule has 1 saturated heterocycles. The smallest absolute Gasteiger partial charge is 0.272 e. The Bertz CT molecular complexity index is 1850. The molecular weight excluding hydrogens is 566 g/mol. The van der Waals surface area contributed by atoms with Crippen LogP contribution in [0.5, 0.6) is 11.5 Å². The lowest BCUT2D eigenvalue weighted by molar-refractivity contribution is 0.0872. The number of carbonyl (C=O) groups excluding carboxylic acids is 1. The molecule has 0 bridgehead atoms. The topological polar surface area (TPSA) is 100 Å². The van der Waals surface area contributed by atoms with Crippen LogP contribution < -0.4 is 14.8 Å². The molecule has 10 heteroatoms. The minimum Gasteiger partial charge on any atom is -0.496 e. The lowest BCUT2D eigenvalue weighted by Gasteiger charge is -2.41. The van der Waals surface area contributed by atoms with Crippen molar-refractivity contribution in [2.45, 2.75) is 44.6 Å². The van der Waals surface area contributed by atoms with Crippen molar-refractivity contribution < 1.29 is 14.3 Å². The van der Waals surface area contributed by atoms with Crippen LogP contribution in [-0.4, -0.2) is 88.5 Å². The summed E-state index contributed by atoms with van der Waals surface area (Å²) in [7, 11) is 5.46. The van der Waals surface area contributed by atoms with Gasteiger partial charge in [-0.15, -0.1) is 0 Å². The maximum absolute atomic E-state index is 13.3. The number of hydrogen-bond acceptors (Lipinski definition) is 7. The van der Waals surface area contributed by atoms with E-state index in [1.54, 1.807) is 20.3 Å². The number of fused-ring (bicyclic) bond motifs is 2. The molecule has 45 heavy (non-hydrogen) atoms. The number of aromatic nitrogens is 4. The van der Waals surface area contributed by atoms with E-state index >= 15 is 0 Å². The van der Waals surface area contributed by atoms with Crippen LogP contribution in [-0.2, 0) is 0 Å². The highest BCUT2D eigenvalue weighted by atomic mass is 16.5. The highest BCUT2D eigenvalue weighted by molar-refractivity contribution is 6.07. The molecule has 0 atom stereocenters. The number of hydrogen-bond donors (Lipinski definition) is 2. The molecule has 0 radical (unpaired) electrons. The zero-order valence-corrected chi connectivity index (χ0v) is 26.5. The van der Waals surface area contributed by atoms with Gasteiger partial charge in [-0.05, 0) is 70.0 Å². The van der Waals surface area contributed by atoms with Crippen molar-refractivity contribution >= 4 is 28.0 Å². The number of benzene rings is 2. The molecule has 1 aliphatic heterocycles. The number of nitrogens with one attached hydrogen (secondary N) is 2. The molecule has 3 aromatic heterocycles. The molecule has 2 N–H and O–H groups in total. The molecule has 234 valence electrons. The summed E-state index contributed by atoms with van der Waals surface area (Å²) < 4.78 is 13.5. The first-order valence-corrected chi connectivity index (χ1v) is 15.8. The number of nitrogens with zero attached hydrogens (tertiary/aromatic N) is 5. The lowest BCUT2D eigenvalue weighted by atomic mass is 9.84. The number of methoxy groups -OCH3 is 2. The zero-order chi connectivity index (χ0) is 31.1. The number of likely N-dealkylation sites (N-methyl/N-ethyl adjacent to an activating group) is 1. The van der Waals surface area contributed by atoms with Crippen molar-refractivity contribution in [1.82, 2.24) is 29.2 Å². The van der Waals surface area contributed by atoms with Crippen molar-refractivity contribution in [2.75, 3.05) is 52.8 Å². The number of H-pyrrole nitrogens is 1. The molecule has 1 saturated carbocycles. The summed E-state index contributed by atoms with van der Waals surface area (Å²) in [5.74, 6) is 2.51. The molecule has 7 rings (SSSR count). The van der Waals surface area contributed by atoms with E-state index in [2.05, 4.69) is 36.5 Å². The summed E-state index contributed by atoms with van der Waals surface area (Å²) >= 11 is 0. The SMILES string of the molecule is COc1cc(-c2nc([C@H]3CC[C@H](N4CCN(C)CC4)CC3)n3ccnc(C)c23)ccc1NC(=O)c1cc2c(OC)cccc2[nH]1. The van der Waals surface area contributed by atoms with E-state index in [0.717, 1.165) is 65.1 Å². The fourth-order valence-corrected chi connectivity index (χ4v) is 7.15. The van der Waals surface area contributed by atoms with Crippen molar-refractivity contribution in [2.24, 2.45) is 0 Å². The summed E-state index contributed by atoms with van der Waals surface area (Å²) in [5, 5.41) is 3.87. The number of piperazine rings is 1. The van der Waals surface area contributed by atoms with Gasteiger partial charge in [0.05, 0.1) is 36.8 Å². The number of rotatable bonds is 7. The molecule has 1 aliphatic carbocycles. The van der Waals surface area contributed by atoms with Gasteiger partial charge < -0.3 is 24.7 Å². The second-order valence-corrected chi connectivity index (χ2v) is 12.4. The Morgan fingerprint density at radius 1 is 0.978 bits per heavy atom. The number of ether oxygens (including phenoxy) is 2. The summed E-state index contributed by atoms with van der Waals surface area (Å²) in [6.45, 7) is 6.69. The Balaban J connectivity index is 1.14. The predicted molar refractivity (Wildman–Crippen MR) is 177 cm³/mol. The first-order chi connectivity index (χ1) is 21.9. The number of amides is 1. The first-order valence-electron chi connectivity index (χ1n) is 15.8. The summed E-state index contributed by atoms with van der Waals surface area (Å²) in [6, 6.07) is 14.0. The predicted octanol–water partition coefficient (Wildman–Crippen LogP) is 5.73. The van der Waals surface area contributed by atoms with Gasteiger partial charge in [0.15, 0.2) is 0 Å². The van der Waals surface area contributed by atoms with Crippen molar-refractivity contribution in [3.63, 3.8) is 0 Å². The third-order valence-corrected chi connectivity index (χ3v) is 9.69. The zero-order valence-electron chi connectivity index (χ0n) is 26.5. The fourth-order valence-electron chi connectivity index (χ4n) is 7.15. The van der Waals surface area contributed by atoms with Gasteiger partial charge >= 0.3 is 0 Å². The Kier molecular flexibility index (Phi) is 7.93. The fraction of sp³-hybridized carbons (Fsp3) is 0.400. The van der Waals surface area contributed by atoms with Crippen molar-refractivity contribution in [3.8, 4) is 22.8 Å². The van der Waals surface area contributed by atoms with E-state index in [9.17, 15) is 4.79 Å². The van der Waals surface area contributed by atoms with Gasteiger partial charge in [0.25, 0.3) is 5.91 Å². The molecule has 1 amide bonds. The van der Waals surface area contributed by atoms with E-state index in [-0.39, 0.29) is 5.91 Å². The van der Waals surface area contributed by atoms with Gasteiger partial charge in [-0.25, -0.2) is 4.98 Å². The van der Waals surface area contributed by atoms with Crippen LogP contribution in [0.3, 0.4) is 0 Å². The van der Waals surface area contributed by atoms with Gasteiger partial charge in [0.2, 0.25) is 0 Å². The molecule has 4 heterocycles. The standard InChI is InChI=1S/C35H41N7O3/c1-22-33-32(39-34(42(33)15-14-36-22)23-8-11-25(12-9-23)41-18-16-40(2)17-19-41)24-10-13-28(31(20-24)45-4)38-35(43)29-21-26-27(37-29)6-5-7-30(26)44-3/h5-7,10,13-15,20-21,23,25,37H,8-9,11-12,16-19H2,1-4H3,(H,38,43)/t23-,25-. The monoisotopic (exact) mass is 607 g/mol. The van der Waals surface area contributed by atoms with E-state index in [4.69, 9.17) is 14.5 Å². The highest BCUT2D eigenvalue weighted by Gasteiger charge is 2.31. The summed E-state index contributed by atoms with van der Waals surface area (Å²) in [5.41, 5.74) is 5.61. The minimum atomic E-state index is -0.263. The molecule has 10 nitrogen and oxygen atoms in total. The Labute approximate surface area is 263 Å². The van der Waals surface area contributed by atoms with E-state index in [1.165, 1.54) is 25.9 Å². The first kappa shape index (κ1) is 29.3. The molecule has 0 spiro atoms. The molecule has 0 unspecified atom stereocenters. The van der Waals surface area contributed by atoms with Gasteiger partial charge in [0.1, 0.15) is 23.0 Å². The van der Waals surface area contributed by atoms with Crippen molar-refractivity contribution in [3.05, 3.63) is 72.1 Å². The van der Waals surface area contributed by atoms with Crippen LogP contribution in [0.4, 0.5) is 5.69 Å². The number of imidazole rings is 1. The molecule has 5 aromatic rings. The quantitative estimate of drug-likeness (QED) is 0.244. The minimum absolute atomic E-state index is 0.263. The van der Waals surface area contributed by atoms with Crippen LogP contribution in [0.2, 0.25) is 0 Å². The summed E-state index contributed by atoms with van der Waals surface area (Å²) in [6.07, 6.45) is 8.58. The maximum Gasteiger partial charge on any atom is 0.272 e. The van der Waals surface area contributed by atoms with E-state index in [0.29, 0.717) is 34.8 Å². The number of aryl methyl sites for hydroxylation is 1. The normalized spacial score (nSPS) is 19.6. The third-order valence-electron chi connectivity index (χ3n) is 9.69. The largest absolute Gasteiger partial charge is 0.496 e. The van der Waals surface area contributed by atoms with Crippen LogP contribution in [0.15, 0.2) is 54.9 Å². The van der Waals surface area contributed by atoms with Crippen LogP contribution >= 0.6 is 0 Å². The van der Waals surface area contributed by atoms with Crippen LogP contribution in [0.25, 0.3) is 27.7 Å². The number of carbonyl (C=O) groups is 1. The second kappa shape index (κ2) is 12.2. The number of aromatic amines is 1. The van der Waals surface area contributed by atoms with Crippen molar-refractivity contribution in [1.29, 1.82) is 0 Å². The van der Waals surface area contributed by atoms with Gasteiger partial charge in [0, 0.05) is 67.0 Å². The lowest BCUT2D eigenvalue weighted by Crippen LogP contribution is -2.49. The molecule has 2 aliphatic rings. The van der Waals surface area contributed by atoms with Gasteiger partial charge in [-0.2, -0.15) is 0 Å². The van der Waals surface area contributed by atoms with E-state index < -0.39 is 0 Å². The van der Waals surface area contributed by atoms with Gasteiger partial charge in [-0.3, -0.25) is 19.1 Å². The Hall–Kier alpha value is -4.41. The van der Waals surface area contributed by atoms with Crippen LogP contribution in [0.1, 0.15) is 53.6 Å². The van der Waals surface area contributed by atoms with Gasteiger partial charge in [-0.1, -0.05) is 12.1 Å². The third kappa shape index (κ3) is 5.53. The molecule has 2 aromatic carbocycles.